The lowest BCUT2D eigenvalue weighted by molar-refractivity contribution is 0.101. The van der Waals surface area contributed by atoms with Crippen molar-refractivity contribution in [1.82, 2.24) is 4.98 Å². The fraction of sp³-hybridized carbons (Fsp3) is 0.0588. The van der Waals surface area contributed by atoms with Crippen LogP contribution in [0.1, 0.15) is 17.3 Å². The van der Waals surface area contributed by atoms with E-state index in [1.165, 1.54) is 13.0 Å². The van der Waals surface area contributed by atoms with Gasteiger partial charge in [0, 0.05) is 10.2 Å². The Labute approximate surface area is 155 Å². The number of hydrogen-bond donors (Lipinski definition) is 2. The van der Waals surface area contributed by atoms with Crippen LogP contribution in [0.15, 0.2) is 45.7 Å². The maximum absolute atomic E-state index is 12.8. The minimum Gasteiger partial charge on any atom is -0.341 e. The van der Waals surface area contributed by atoms with E-state index in [0.29, 0.717) is 16.2 Å². The van der Waals surface area contributed by atoms with Gasteiger partial charge in [0.25, 0.3) is 0 Å². The largest absolute Gasteiger partial charge is 0.341 e. The number of fused-ring (bicyclic) bond motifs is 1. The number of carbonyl (C=O) groups excluding carboxylic acids is 1. The maximum Gasteiger partial charge on any atom is 0.203 e. The highest BCUT2D eigenvalue weighted by Gasteiger charge is 2.19. The fourth-order valence-corrected chi connectivity index (χ4v) is 3.14. The zero-order chi connectivity index (χ0) is 17.4. The second-order valence-electron chi connectivity index (χ2n) is 5.17. The van der Waals surface area contributed by atoms with Crippen LogP contribution in [0.25, 0.3) is 10.9 Å². The van der Waals surface area contributed by atoms with Crippen LogP contribution in [-0.4, -0.2) is 10.8 Å². The van der Waals surface area contributed by atoms with Gasteiger partial charge in [0.15, 0.2) is 5.78 Å². The van der Waals surface area contributed by atoms with Crippen molar-refractivity contribution in [3.05, 3.63) is 66.7 Å². The molecule has 0 aliphatic heterocycles. The molecule has 7 heteroatoms. The summed E-state index contributed by atoms with van der Waals surface area (Å²) < 4.78 is 0.918. The van der Waals surface area contributed by atoms with Crippen molar-refractivity contribution in [1.29, 1.82) is 0 Å². The number of carbonyl (C=O) groups is 1. The average Bonchev–Trinajstić information content (AvgIpc) is 2.52. The molecule has 2 N–H and O–H groups in total. The summed E-state index contributed by atoms with van der Waals surface area (Å²) in [5.41, 5.74) is 0.658. The molecule has 2 aromatic carbocycles. The van der Waals surface area contributed by atoms with Gasteiger partial charge in [-0.05, 0) is 43.3 Å². The quantitative estimate of drug-likeness (QED) is 0.541. The first-order valence-corrected chi connectivity index (χ1v) is 8.51. The Morgan fingerprint density at radius 1 is 1.08 bits per heavy atom. The lowest BCUT2D eigenvalue weighted by Crippen LogP contribution is -2.18. The van der Waals surface area contributed by atoms with Crippen molar-refractivity contribution >= 4 is 67.3 Å². The van der Waals surface area contributed by atoms with E-state index in [0.717, 1.165) is 4.47 Å². The normalized spacial score (nSPS) is 10.8. The Kier molecular flexibility index (Phi) is 4.67. The molecule has 4 nitrogen and oxygen atoms in total. The monoisotopic (exact) mass is 424 g/mol. The Hall–Kier alpha value is -1.82. The van der Waals surface area contributed by atoms with E-state index in [9.17, 15) is 9.59 Å². The molecule has 0 atom stereocenters. The van der Waals surface area contributed by atoms with Gasteiger partial charge in [0.2, 0.25) is 5.43 Å². The molecule has 0 aliphatic carbocycles. The summed E-state index contributed by atoms with van der Waals surface area (Å²) in [6.45, 7) is 1.33. The molecule has 1 heterocycles. The summed E-state index contributed by atoms with van der Waals surface area (Å²) in [7, 11) is 0. The topological polar surface area (TPSA) is 62.0 Å². The SMILES string of the molecule is CC(=O)c1c(Nc2ccc(Br)cc2)[nH]c2c(Cl)ccc(Cl)c2c1=O. The van der Waals surface area contributed by atoms with E-state index < -0.39 is 5.43 Å². The average molecular weight is 426 g/mol. The molecule has 3 aromatic rings. The fourth-order valence-electron chi connectivity index (χ4n) is 2.43. The predicted molar refractivity (Wildman–Crippen MR) is 102 cm³/mol. The van der Waals surface area contributed by atoms with Crippen LogP contribution < -0.4 is 10.7 Å². The number of Topliss-reactive ketones (excluding diaryl/α,β-unsaturated/α-hetero) is 1. The van der Waals surface area contributed by atoms with Gasteiger partial charge in [0.05, 0.1) is 20.9 Å². The third kappa shape index (κ3) is 3.07. The Morgan fingerprint density at radius 3 is 2.33 bits per heavy atom. The summed E-state index contributed by atoms with van der Waals surface area (Å²) in [6.07, 6.45) is 0. The van der Waals surface area contributed by atoms with E-state index >= 15 is 0 Å². The number of H-pyrrole nitrogens is 1. The molecule has 0 radical (unpaired) electrons. The van der Waals surface area contributed by atoms with E-state index in [4.69, 9.17) is 23.2 Å². The van der Waals surface area contributed by atoms with Crippen molar-refractivity contribution in [2.75, 3.05) is 5.32 Å². The smallest absolute Gasteiger partial charge is 0.203 e. The second kappa shape index (κ2) is 6.59. The third-order valence-electron chi connectivity index (χ3n) is 3.52. The summed E-state index contributed by atoms with van der Waals surface area (Å²) in [5.74, 6) is -0.0831. The molecule has 0 saturated carbocycles. The second-order valence-corrected chi connectivity index (χ2v) is 6.90. The minimum atomic E-state index is -0.455. The van der Waals surface area contributed by atoms with E-state index in [1.54, 1.807) is 6.07 Å². The number of hydrogen-bond acceptors (Lipinski definition) is 3. The van der Waals surface area contributed by atoms with Crippen molar-refractivity contribution in [3.63, 3.8) is 0 Å². The van der Waals surface area contributed by atoms with Crippen LogP contribution in [0.4, 0.5) is 11.5 Å². The molecule has 0 saturated heterocycles. The number of nitrogens with one attached hydrogen (secondary N) is 2. The lowest BCUT2D eigenvalue weighted by Gasteiger charge is -2.13. The standard InChI is InChI=1S/C17H11BrCl2N2O2/c1-8(23)13-16(24)14-11(19)6-7-12(20)15(14)22-17(13)21-10-4-2-9(18)3-5-10/h2-7H,1H3,(H2,21,22,24). The van der Waals surface area contributed by atoms with Crippen LogP contribution in [0.3, 0.4) is 0 Å². The highest BCUT2D eigenvalue weighted by atomic mass is 79.9. The summed E-state index contributed by atoms with van der Waals surface area (Å²) in [5, 5.41) is 3.86. The molecule has 1 aromatic heterocycles. The van der Waals surface area contributed by atoms with Gasteiger partial charge in [-0.25, -0.2) is 0 Å². The van der Waals surface area contributed by atoms with Gasteiger partial charge in [-0.15, -0.1) is 0 Å². The number of pyridine rings is 1. The van der Waals surface area contributed by atoms with Crippen LogP contribution >= 0.6 is 39.1 Å². The molecule has 0 spiro atoms. The molecule has 3 rings (SSSR count). The van der Waals surface area contributed by atoms with Crippen molar-refractivity contribution in [2.45, 2.75) is 6.92 Å². The zero-order valence-corrected chi connectivity index (χ0v) is 15.5. The molecule has 122 valence electrons. The molecule has 24 heavy (non-hydrogen) atoms. The first-order valence-electron chi connectivity index (χ1n) is 6.96. The predicted octanol–water partition coefficient (Wildman–Crippen LogP) is 5.54. The van der Waals surface area contributed by atoms with Crippen LogP contribution in [0.2, 0.25) is 10.0 Å². The van der Waals surface area contributed by atoms with Gasteiger partial charge >= 0.3 is 0 Å². The number of rotatable bonds is 3. The molecule has 0 unspecified atom stereocenters. The van der Waals surface area contributed by atoms with E-state index in [2.05, 4.69) is 26.2 Å². The van der Waals surface area contributed by atoms with E-state index in [1.807, 2.05) is 24.3 Å². The van der Waals surface area contributed by atoms with Crippen molar-refractivity contribution in [3.8, 4) is 0 Å². The third-order valence-corrected chi connectivity index (χ3v) is 4.68. The molecule has 0 fully saturated rings. The number of ketones is 1. The van der Waals surface area contributed by atoms with Gasteiger partial charge in [0.1, 0.15) is 11.4 Å². The highest BCUT2D eigenvalue weighted by Crippen LogP contribution is 2.29. The van der Waals surface area contributed by atoms with Gasteiger partial charge in [-0.1, -0.05) is 39.1 Å². The minimum absolute atomic E-state index is 0.00888. The molecule has 0 bridgehead atoms. The van der Waals surface area contributed by atoms with Gasteiger partial charge in [-0.3, -0.25) is 9.59 Å². The summed E-state index contributed by atoms with van der Waals surface area (Å²) in [4.78, 5) is 27.8. The zero-order valence-electron chi connectivity index (χ0n) is 12.4. The van der Waals surface area contributed by atoms with Crippen molar-refractivity contribution < 1.29 is 4.79 Å². The highest BCUT2D eigenvalue weighted by molar-refractivity contribution is 9.10. The molecular weight excluding hydrogens is 415 g/mol. The number of benzene rings is 2. The number of aromatic nitrogens is 1. The van der Waals surface area contributed by atoms with Crippen LogP contribution in [-0.2, 0) is 0 Å². The van der Waals surface area contributed by atoms with Gasteiger partial charge in [-0.2, -0.15) is 0 Å². The van der Waals surface area contributed by atoms with Gasteiger partial charge < -0.3 is 10.3 Å². The molecule has 0 amide bonds. The number of anilines is 2. The Balaban J connectivity index is 2.28. The summed E-state index contributed by atoms with van der Waals surface area (Å²) >= 11 is 15.7. The Bertz CT molecular complexity index is 1010. The van der Waals surface area contributed by atoms with Crippen LogP contribution in [0, 0.1) is 0 Å². The van der Waals surface area contributed by atoms with Crippen molar-refractivity contribution in [2.24, 2.45) is 0 Å². The van der Waals surface area contributed by atoms with E-state index in [-0.39, 0.29) is 27.6 Å². The lowest BCUT2D eigenvalue weighted by atomic mass is 10.1. The number of halogens is 3. The van der Waals surface area contributed by atoms with Crippen LogP contribution in [0.5, 0.6) is 0 Å². The first kappa shape index (κ1) is 17.0. The maximum atomic E-state index is 12.8. The first-order chi connectivity index (χ1) is 11.4. The molecule has 0 aliphatic rings. The molecular formula is C17H11BrCl2N2O2. The Morgan fingerprint density at radius 2 is 1.71 bits per heavy atom. The summed E-state index contributed by atoms with van der Waals surface area (Å²) in [6, 6.07) is 10.5. The number of aromatic amines is 1.